The molecule has 0 unspecified atom stereocenters. The van der Waals surface area contributed by atoms with E-state index in [1.165, 1.54) is 12.0 Å². The number of nitrogens with one attached hydrogen (secondary N) is 1. The summed E-state index contributed by atoms with van der Waals surface area (Å²) in [6.45, 7) is 1.96. The van der Waals surface area contributed by atoms with E-state index in [1.807, 2.05) is 0 Å². The van der Waals surface area contributed by atoms with Gasteiger partial charge in [-0.05, 0) is 25.1 Å². The van der Waals surface area contributed by atoms with Gasteiger partial charge in [-0.15, -0.1) is 0 Å². The van der Waals surface area contributed by atoms with Gasteiger partial charge in [-0.2, -0.15) is 0 Å². The molecule has 2 amide bonds. The summed E-state index contributed by atoms with van der Waals surface area (Å²) in [5.41, 5.74) is 0.912. The Morgan fingerprint density at radius 1 is 1.43 bits per heavy atom. The maximum Gasteiger partial charge on any atom is 0.325 e. The summed E-state index contributed by atoms with van der Waals surface area (Å²) in [5, 5.41) is 2.65. The zero-order valence-corrected chi connectivity index (χ0v) is 11.8. The van der Waals surface area contributed by atoms with E-state index < -0.39 is 5.97 Å². The highest BCUT2D eigenvalue weighted by atomic mass is 16.5. The van der Waals surface area contributed by atoms with Crippen LogP contribution in [0.5, 0.6) is 5.75 Å². The minimum atomic E-state index is -0.480. The average Bonchev–Trinajstić information content (AvgIpc) is 2.51. The van der Waals surface area contributed by atoms with Crippen LogP contribution in [0.15, 0.2) is 18.2 Å². The van der Waals surface area contributed by atoms with Crippen molar-refractivity contribution < 1.29 is 23.9 Å². The number of amides is 2. The molecule has 7 heteroatoms. The van der Waals surface area contributed by atoms with Crippen LogP contribution in [0.25, 0.3) is 0 Å². The quantitative estimate of drug-likeness (QED) is 0.824. The molecular weight excluding hydrogens is 276 g/mol. The fraction of sp³-hybridized carbons (Fsp3) is 0.357. The van der Waals surface area contributed by atoms with Crippen molar-refractivity contribution in [3.63, 3.8) is 0 Å². The molecule has 1 aromatic carbocycles. The lowest BCUT2D eigenvalue weighted by Gasteiger charge is -2.22. The third kappa shape index (κ3) is 3.31. The van der Waals surface area contributed by atoms with Gasteiger partial charge >= 0.3 is 5.97 Å². The lowest BCUT2D eigenvalue weighted by molar-refractivity contribution is -0.141. The van der Waals surface area contributed by atoms with Gasteiger partial charge in [0.05, 0.1) is 12.8 Å². The molecule has 0 saturated carbocycles. The van der Waals surface area contributed by atoms with Crippen LogP contribution in [-0.2, 0) is 14.3 Å². The van der Waals surface area contributed by atoms with E-state index in [9.17, 15) is 14.4 Å². The molecule has 0 aromatic heterocycles. The fourth-order valence-electron chi connectivity index (χ4n) is 1.94. The summed E-state index contributed by atoms with van der Waals surface area (Å²) in [6, 6.07) is 4.73. The molecule has 0 saturated heterocycles. The Balaban J connectivity index is 2.19. The summed E-state index contributed by atoms with van der Waals surface area (Å²) in [5.74, 6) is -0.574. The summed E-state index contributed by atoms with van der Waals surface area (Å²) in [7, 11) is 1.27. The number of ether oxygens (including phenoxy) is 2. The third-order valence-electron chi connectivity index (χ3n) is 3.08. The maximum absolute atomic E-state index is 12.4. The standard InChI is InChI=1S/C14H16N2O5/c1-3-16(7-13(18)20-2)14(19)9-4-5-10-11(6-9)21-8-12(17)15-10/h4-6H,3,7-8H2,1-2H3,(H,15,17). The monoisotopic (exact) mass is 292 g/mol. The van der Waals surface area contributed by atoms with Gasteiger partial charge in [0.2, 0.25) is 0 Å². The number of hydrogen-bond donors (Lipinski definition) is 1. The van der Waals surface area contributed by atoms with Crippen molar-refractivity contribution in [2.24, 2.45) is 0 Å². The number of fused-ring (bicyclic) bond motifs is 1. The topological polar surface area (TPSA) is 84.9 Å². The molecule has 0 atom stereocenters. The molecule has 1 aliphatic heterocycles. The molecule has 112 valence electrons. The van der Waals surface area contributed by atoms with Gasteiger partial charge in [-0.25, -0.2) is 0 Å². The van der Waals surface area contributed by atoms with Crippen LogP contribution < -0.4 is 10.1 Å². The predicted molar refractivity (Wildman–Crippen MR) is 74.2 cm³/mol. The maximum atomic E-state index is 12.4. The van der Waals surface area contributed by atoms with Crippen molar-refractivity contribution in [3.8, 4) is 5.75 Å². The van der Waals surface area contributed by atoms with Crippen molar-refractivity contribution in [2.75, 3.05) is 32.1 Å². The number of hydrogen-bond acceptors (Lipinski definition) is 5. The Labute approximate surface area is 121 Å². The highest BCUT2D eigenvalue weighted by Gasteiger charge is 2.21. The number of esters is 1. The molecule has 0 bridgehead atoms. The predicted octanol–water partition coefficient (Wildman–Crippen LogP) is 0.653. The summed E-state index contributed by atoms with van der Waals surface area (Å²) in [4.78, 5) is 36.2. The Morgan fingerprint density at radius 3 is 2.86 bits per heavy atom. The second kappa shape index (κ2) is 6.25. The van der Waals surface area contributed by atoms with E-state index in [0.717, 1.165) is 0 Å². The van der Waals surface area contributed by atoms with Crippen LogP contribution in [-0.4, -0.2) is 49.5 Å². The van der Waals surface area contributed by atoms with Gasteiger partial charge in [0.15, 0.2) is 6.61 Å². The second-order valence-corrected chi connectivity index (χ2v) is 4.44. The first-order valence-electron chi connectivity index (χ1n) is 6.48. The van der Waals surface area contributed by atoms with Gasteiger partial charge in [0.1, 0.15) is 12.3 Å². The molecule has 0 spiro atoms. The zero-order chi connectivity index (χ0) is 15.4. The molecule has 1 heterocycles. The Morgan fingerprint density at radius 2 is 2.19 bits per heavy atom. The molecule has 1 N–H and O–H groups in total. The van der Waals surface area contributed by atoms with E-state index in [1.54, 1.807) is 25.1 Å². The zero-order valence-electron chi connectivity index (χ0n) is 11.8. The van der Waals surface area contributed by atoms with Crippen molar-refractivity contribution in [3.05, 3.63) is 23.8 Å². The van der Waals surface area contributed by atoms with Gasteiger partial charge in [0.25, 0.3) is 11.8 Å². The second-order valence-electron chi connectivity index (χ2n) is 4.44. The fourth-order valence-corrected chi connectivity index (χ4v) is 1.94. The third-order valence-corrected chi connectivity index (χ3v) is 3.08. The molecule has 1 aromatic rings. The first-order valence-corrected chi connectivity index (χ1v) is 6.48. The lowest BCUT2D eigenvalue weighted by atomic mass is 10.1. The van der Waals surface area contributed by atoms with Gasteiger partial charge in [-0.3, -0.25) is 14.4 Å². The highest BCUT2D eigenvalue weighted by molar-refractivity contribution is 5.99. The summed E-state index contributed by atoms with van der Waals surface area (Å²) >= 11 is 0. The number of nitrogens with zero attached hydrogens (tertiary/aromatic N) is 1. The largest absolute Gasteiger partial charge is 0.482 e. The van der Waals surface area contributed by atoms with Crippen molar-refractivity contribution in [2.45, 2.75) is 6.92 Å². The number of carbonyl (C=O) groups excluding carboxylic acids is 3. The van der Waals surface area contributed by atoms with E-state index in [-0.39, 0.29) is 25.0 Å². The lowest BCUT2D eigenvalue weighted by Crippen LogP contribution is -2.36. The van der Waals surface area contributed by atoms with Gasteiger partial charge in [0, 0.05) is 12.1 Å². The van der Waals surface area contributed by atoms with Gasteiger partial charge in [-0.1, -0.05) is 0 Å². The molecule has 7 nitrogen and oxygen atoms in total. The van der Waals surface area contributed by atoms with E-state index in [4.69, 9.17) is 4.74 Å². The number of carbonyl (C=O) groups is 3. The van der Waals surface area contributed by atoms with Crippen LogP contribution >= 0.6 is 0 Å². The summed E-state index contributed by atoms with van der Waals surface area (Å²) < 4.78 is 9.83. The van der Waals surface area contributed by atoms with E-state index >= 15 is 0 Å². The molecular formula is C14H16N2O5. The first kappa shape index (κ1) is 14.8. The summed E-state index contributed by atoms with van der Waals surface area (Å²) in [6.07, 6.45) is 0. The number of methoxy groups -OCH3 is 1. The minimum absolute atomic E-state index is 0.0791. The number of likely N-dealkylation sites (N-methyl/N-ethyl adjacent to an activating group) is 1. The van der Waals surface area contributed by atoms with Crippen LogP contribution in [0.2, 0.25) is 0 Å². The van der Waals surface area contributed by atoms with Crippen LogP contribution in [0, 0.1) is 0 Å². The smallest absolute Gasteiger partial charge is 0.325 e. The molecule has 21 heavy (non-hydrogen) atoms. The number of benzene rings is 1. The van der Waals surface area contributed by atoms with Crippen molar-refractivity contribution in [1.29, 1.82) is 0 Å². The number of anilines is 1. The molecule has 0 aliphatic carbocycles. The van der Waals surface area contributed by atoms with Crippen molar-refractivity contribution >= 4 is 23.5 Å². The first-order chi connectivity index (χ1) is 10.0. The Bertz CT molecular complexity index is 585. The molecule has 2 rings (SSSR count). The van der Waals surface area contributed by atoms with Gasteiger partial charge < -0.3 is 19.7 Å². The molecule has 0 fully saturated rings. The van der Waals surface area contributed by atoms with Crippen LogP contribution in [0.3, 0.4) is 0 Å². The highest BCUT2D eigenvalue weighted by Crippen LogP contribution is 2.28. The Hall–Kier alpha value is -2.57. The van der Waals surface area contributed by atoms with E-state index in [0.29, 0.717) is 23.5 Å². The van der Waals surface area contributed by atoms with Crippen LogP contribution in [0.1, 0.15) is 17.3 Å². The minimum Gasteiger partial charge on any atom is -0.482 e. The normalized spacial score (nSPS) is 12.8. The SMILES string of the molecule is CCN(CC(=O)OC)C(=O)c1ccc2c(c1)OCC(=O)N2. The Kier molecular flexibility index (Phi) is 4.42. The van der Waals surface area contributed by atoms with Crippen molar-refractivity contribution in [1.82, 2.24) is 4.90 Å². The molecule has 1 aliphatic rings. The van der Waals surface area contributed by atoms with E-state index in [2.05, 4.69) is 10.1 Å². The average molecular weight is 292 g/mol. The van der Waals surface area contributed by atoms with Crippen LogP contribution in [0.4, 0.5) is 5.69 Å². The number of rotatable bonds is 4. The molecule has 0 radical (unpaired) electrons.